The molecule has 0 radical (unpaired) electrons. The molecule has 0 bridgehead atoms. The first kappa shape index (κ1) is 19.9. The van der Waals surface area contributed by atoms with Crippen LogP contribution in [0.25, 0.3) is 16.6 Å². The molecular formula is C22H18N4O5. The van der Waals surface area contributed by atoms with E-state index >= 15 is 0 Å². The van der Waals surface area contributed by atoms with E-state index in [1.54, 1.807) is 42.5 Å². The van der Waals surface area contributed by atoms with Crippen molar-refractivity contribution in [3.63, 3.8) is 0 Å². The number of aromatic amines is 1. The van der Waals surface area contributed by atoms with Crippen molar-refractivity contribution in [2.24, 2.45) is 0 Å². The van der Waals surface area contributed by atoms with Crippen LogP contribution in [0.1, 0.15) is 16.1 Å². The Kier molecular flexibility index (Phi) is 5.48. The summed E-state index contributed by atoms with van der Waals surface area (Å²) in [6.45, 7) is -0.0176. The highest BCUT2D eigenvalue weighted by molar-refractivity contribution is 5.99. The Bertz CT molecular complexity index is 1350. The highest BCUT2D eigenvalue weighted by atomic mass is 16.3. The lowest BCUT2D eigenvalue weighted by Gasteiger charge is -2.08. The van der Waals surface area contributed by atoms with Gasteiger partial charge in [-0.05, 0) is 42.5 Å². The predicted molar refractivity (Wildman–Crippen MR) is 113 cm³/mol. The van der Waals surface area contributed by atoms with Gasteiger partial charge in [-0.25, -0.2) is 9.36 Å². The number of hydrogen-bond acceptors (Lipinski definition) is 5. The van der Waals surface area contributed by atoms with E-state index in [1.807, 2.05) is 0 Å². The van der Waals surface area contributed by atoms with E-state index < -0.39 is 17.2 Å². The standard InChI is InChI=1S/C22H18N4O5/c27-19(23-12-16-7-4-10-31-16)13-24-20(28)14-8-9-17-18(11-14)25-22(30)26(21(17)29)15-5-2-1-3-6-15/h1-11H,12-13H2,(H,23,27)(H,24,28)(H,25,30). The quantitative estimate of drug-likeness (QED) is 0.435. The van der Waals surface area contributed by atoms with Gasteiger partial charge in [0.05, 0.1) is 35.9 Å². The summed E-state index contributed by atoms with van der Waals surface area (Å²) in [6.07, 6.45) is 1.50. The molecule has 4 rings (SSSR count). The summed E-state index contributed by atoms with van der Waals surface area (Å²) in [7, 11) is 0. The maximum Gasteiger partial charge on any atom is 0.333 e. The molecular weight excluding hydrogens is 400 g/mol. The average Bonchev–Trinajstić information content (AvgIpc) is 3.30. The Morgan fingerprint density at radius 1 is 0.968 bits per heavy atom. The van der Waals surface area contributed by atoms with Gasteiger partial charge in [0.2, 0.25) is 5.91 Å². The zero-order chi connectivity index (χ0) is 21.8. The van der Waals surface area contributed by atoms with Crippen molar-refractivity contribution < 1.29 is 14.0 Å². The molecule has 2 aromatic heterocycles. The molecule has 0 aliphatic heterocycles. The molecule has 156 valence electrons. The number of nitrogens with zero attached hydrogens (tertiary/aromatic N) is 1. The summed E-state index contributed by atoms with van der Waals surface area (Å²) in [4.78, 5) is 52.2. The van der Waals surface area contributed by atoms with E-state index in [9.17, 15) is 19.2 Å². The van der Waals surface area contributed by atoms with Crippen LogP contribution in [-0.4, -0.2) is 27.9 Å². The maximum absolute atomic E-state index is 12.8. The third-order valence-corrected chi connectivity index (χ3v) is 4.62. The molecule has 0 unspecified atom stereocenters. The molecule has 4 aromatic rings. The fourth-order valence-electron chi connectivity index (χ4n) is 3.09. The van der Waals surface area contributed by atoms with Crippen LogP contribution < -0.4 is 21.9 Å². The van der Waals surface area contributed by atoms with Crippen molar-refractivity contribution in [1.29, 1.82) is 0 Å². The van der Waals surface area contributed by atoms with Gasteiger partial charge in [0.15, 0.2) is 0 Å². The van der Waals surface area contributed by atoms with Crippen LogP contribution in [0.3, 0.4) is 0 Å². The Balaban J connectivity index is 1.50. The molecule has 31 heavy (non-hydrogen) atoms. The fourth-order valence-corrected chi connectivity index (χ4v) is 3.09. The normalized spacial score (nSPS) is 10.7. The number of benzene rings is 2. The molecule has 0 saturated heterocycles. The number of amides is 2. The molecule has 2 amide bonds. The number of fused-ring (bicyclic) bond motifs is 1. The van der Waals surface area contributed by atoms with Gasteiger partial charge in [0.1, 0.15) is 5.76 Å². The second-order valence-corrected chi connectivity index (χ2v) is 6.71. The van der Waals surface area contributed by atoms with Gasteiger partial charge >= 0.3 is 5.69 Å². The van der Waals surface area contributed by atoms with Crippen molar-refractivity contribution in [3.05, 3.63) is 99.1 Å². The van der Waals surface area contributed by atoms with Gasteiger partial charge in [-0.3, -0.25) is 14.4 Å². The molecule has 0 fully saturated rings. The third-order valence-electron chi connectivity index (χ3n) is 4.62. The minimum atomic E-state index is -0.612. The molecule has 3 N–H and O–H groups in total. The molecule has 9 heteroatoms. The number of furan rings is 1. The first-order valence-electron chi connectivity index (χ1n) is 9.45. The highest BCUT2D eigenvalue weighted by Gasteiger charge is 2.13. The predicted octanol–water partition coefficient (Wildman–Crippen LogP) is 1.32. The second-order valence-electron chi connectivity index (χ2n) is 6.71. The van der Waals surface area contributed by atoms with Crippen LogP contribution in [0, 0.1) is 0 Å². The first-order chi connectivity index (χ1) is 15.0. The number of H-pyrrole nitrogens is 1. The van der Waals surface area contributed by atoms with Gasteiger partial charge in [0.25, 0.3) is 11.5 Å². The summed E-state index contributed by atoms with van der Waals surface area (Å²) < 4.78 is 6.15. The van der Waals surface area contributed by atoms with Crippen molar-refractivity contribution in [3.8, 4) is 5.69 Å². The van der Waals surface area contributed by atoms with Gasteiger partial charge in [-0.15, -0.1) is 0 Å². The molecule has 2 heterocycles. The molecule has 0 aliphatic carbocycles. The zero-order valence-corrected chi connectivity index (χ0v) is 16.3. The lowest BCUT2D eigenvalue weighted by Crippen LogP contribution is -2.36. The summed E-state index contributed by atoms with van der Waals surface area (Å²) in [5, 5.41) is 5.38. The lowest BCUT2D eigenvalue weighted by atomic mass is 10.1. The highest BCUT2D eigenvalue weighted by Crippen LogP contribution is 2.11. The van der Waals surface area contributed by atoms with E-state index in [4.69, 9.17) is 4.42 Å². The van der Waals surface area contributed by atoms with Crippen LogP contribution in [0.5, 0.6) is 0 Å². The Morgan fingerprint density at radius 2 is 1.77 bits per heavy atom. The van der Waals surface area contributed by atoms with Crippen LogP contribution in [0.2, 0.25) is 0 Å². The van der Waals surface area contributed by atoms with E-state index in [1.165, 1.54) is 24.5 Å². The first-order valence-corrected chi connectivity index (χ1v) is 9.45. The topological polar surface area (TPSA) is 126 Å². The van der Waals surface area contributed by atoms with Crippen molar-refractivity contribution in [1.82, 2.24) is 20.2 Å². The van der Waals surface area contributed by atoms with Gasteiger partial charge in [-0.2, -0.15) is 0 Å². The second kappa shape index (κ2) is 8.54. The van der Waals surface area contributed by atoms with Crippen LogP contribution in [0.15, 0.2) is 80.9 Å². The van der Waals surface area contributed by atoms with Crippen LogP contribution in [0.4, 0.5) is 0 Å². The smallest absolute Gasteiger partial charge is 0.333 e. The van der Waals surface area contributed by atoms with Crippen molar-refractivity contribution in [2.75, 3.05) is 6.54 Å². The van der Waals surface area contributed by atoms with Gasteiger partial charge in [0, 0.05) is 5.56 Å². The van der Waals surface area contributed by atoms with Crippen molar-refractivity contribution >= 4 is 22.7 Å². The van der Waals surface area contributed by atoms with E-state index in [2.05, 4.69) is 15.6 Å². The number of aromatic nitrogens is 2. The monoisotopic (exact) mass is 418 g/mol. The Hall–Kier alpha value is -4.40. The summed E-state index contributed by atoms with van der Waals surface area (Å²) in [5.41, 5.74) is -0.221. The number of para-hydroxylation sites is 1. The molecule has 0 saturated carbocycles. The number of hydrogen-bond donors (Lipinski definition) is 3. The lowest BCUT2D eigenvalue weighted by molar-refractivity contribution is -0.120. The Morgan fingerprint density at radius 3 is 2.52 bits per heavy atom. The maximum atomic E-state index is 12.8. The molecule has 9 nitrogen and oxygen atoms in total. The third kappa shape index (κ3) is 4.30. The zero-order valence-electron chi connectivity index (χ0n) is 16.3. The largest absolute Gasteiger partial charge is 0.467 e. The number of carbonyl (C=O) groups excluding carboxylic acids is 2. The number of carbonyl (C=O) groups is 2. The van der Waals surface area contributed by atoms with Crippen molar-refractivity contribution in [2.45, 2.75) is 6.54 Å². The minimum Gasteiger partial charge on any atom is -0.467 e. The number of rotatable bonds is 6. The average molecular weight is 418 g/mol. The van der Waals surface area contributed by atoms with E-state index in [-0.39, 0.29) is 35.5 Å². The van der Waals surface area contributed by atoms with Crippen LogP contribution in [-0.2, 0) is 11.3 Å². The molecule has 2 aromatic carbocycles. The van der Waals surface area contributed by atoms with E-state index in [0.29, 0.717) is 11.4 Å². The molecule has 0 atom stereocenters. The summed E-state index contributed by atoms with van der Waals surface area (Å²) in [6, 6.07) is 16.3. The fraction of sp³-hybridized carbons (Fsp3) is 0.0909. The van der Waals surface area contributed by atoms with Gasteiger partial charge in [-0.1, -0.05) is 18.2 Å². The molecule has 0 aliphatic rings. The number of nitrogens with one attached hydrogen (secondary N) is 3. The van der Waals surface area contributed by atoms with Crippen LogP contribution >= 0.6 is 0 Å². The van der Waals surface area contributed by atoms with Gasteiger partial charge < -0.3 is 20.0 Å². The summed E-state index contributed by atoms with van der Waals surface area (Å²) in [5.74, 6) is -0.299. The van der Waals surface area contributed by atoms with E-state index in [0.717, 1.165) is 4.57 Å². The SMILES string of the molecule is O=C(CNC(=O)c1ccc2c(=O)n(-c3ccccc3)c(=O)[nH]c2c1)NCc1ccco1. The Labute approximate surface area is 175 Å². The minimum absolute atomic E-state index is 0.207. The molecule has 0 spiro atoms. The summed E-state index contributed by atoms with van der Waals surface area (Å²) >= 11 is 0.